The molecule has 0 amide bonds. The molecule has 0 spiro atoms. The quantitative estimate of drug-likeness (QED) is 0.654. The molecule has 0 unspecified atom stereocenters. The van der Waals surface area contributed by atoms with E-state index in [9.17, 15) is 8.78 Å². The first-order valence-corrected chi connectivity index (χ1v) is 7.61. The molecule has 7 heteroatoms. The van der Waals surface area contributed by atoms with Gasteiger partial charge in [-0.05, 0) is 43.2 Å². The Morgan fingerprint density at radius 3 is 2.24 bits per heavy atom. The largest absolute Gasteiger partial charge is 0.393 e. The Morgan fingerprint density at radius 1 is 0.880 bits per heavy atom. The Kier molecular flexibility index (Phi) is 4.47. The van der Waals surface area contributed by atoms with Crippen molar-refractivity contribution in [2.45, 2.75) is 13.8 Å². The highest BCUT2D eigenvalue weighted by molar-refractivity contribution is 5.80. The first-order valence-electron chi connectivity index (χ1n) is 7.61. The van der Waals surface area contributed by atoms with Crippen molar-refractivity contribution in [3.63, 3.8) is 0 Å². The van der Waals surface area contributed by atoms with E-state index in [-0.39, 0.29) is 17.2 Å². The molecule has 0 aliphatic rings. The summed E-state index contributed by atoms with van der Waals surface area (Å²) in [4.78, 5) is 8.17. The van der Waals surface area contributed by atoms with Gasteiger partial charge in [0, 0.05) is 11.8 Å². The number of rotatable bonds is 4. The highest BCUT2D eigenvalue weighted by Crippen LogP contribution is 2.30. The molecule has 128 valence electrons. The molecular formula is C18H17F2N5. The predicted molar refractivity (Wildman–Crippen MR) is 95.3 cm³/mol. The van der Waals surface area contributed by atoms with Gasteiger partial charge in [0.05, 0.1) is 5.69 Å². The van der Waals surface area contributed by atoms with Gasteiger partial charge in [-0.2, -0.15) is 0 Å². The predicted octanol–water partition coefficient (Wildman–Crippen LogP) is 4.44. The van der Waals surface area contributed by atoms with Crippen molar-refractivity contribution in [2.75, 3.05) is 16.4 Å². The molecule has 0 atom stereocenters. The van der Waals surface area contributed by atoms with E-state index >= 15 is 0 Å². The maximum Gasteiger partial charge on any atom is 0.159 e. The second-order valence-corrected chi connectivity index (χ2v) is 5.68. The zero-order valence-corrected chi connectivity index (χ0v) is 13.8. The van der Waals surface area contributed by atoms with Gasteiger partial charge in [0.15, 0.2) is 11.6 Å². The van der Waals surface area contributed by atoms with Gasteiger partial charge in [0.2, 0.25) is 0 Å². The van der Waals surface area contributed by atoms with Crippen molar-refractivity contribution in [1.29, 1.82) is 0 Å². The number of nitrogens with one attached hydrogen (secondary N) is 2. The molecule has 2 aromatic carbocycles. The smallest absolute Gasteiger partial charge is 0.159 e. The number of aryl methyl sites for hydroxylation is 2. The molecule has 3 aromatic rings. The first kappa shape index (κ1) is 16.6. The molecular weight excluding hydrogens is 324 g/mol. The Balaban J connectivity index is 1.91. The van der Waals surface area contributed by atoms with Gasteiger partial charge < -0.3 is 16.4 Å². The number of halogens is 2. The lowest BCUT2D eigenvalue weighted by atomic mass is 10.1. The number of benzene rings is 2. The standard InChI is InChI=1S/C18H17F2N5/c1-10-3-4-11(2)15(7-10)25-18-16(21)17(22-9-23-18)24-14-6-5-12(19)8-13(14)20/h3-9H,21H2,1-2H3,(H2,22,23,24,25). The minimum Gasteiger partial charge on any atom is -0.393 e. The molecule has 4 N–H and O–H groups in total. The van der Waals surface area contributed by atoms with Crippen molar-refractivity contribution >= 4 is 28.7 Å². The minimum atomic E-state index is -0.734. The molecule has 1 aromatic heterocycles. The van der Waals surface area contributed by atoms with Gasteiger partial charge in [0.25, 0.3) is 0 Å². The number of nitrogens with two attached hydrogens (primary N) is 1. The minimum absolute atomic E-state index is 0.0736. The van der Waals surface area contributed by atoms with Crippen LogP contribution in [-0.2, 0) is 0 Å². The summed E-state index contributed by atoms with van der Waals surface area (Å²) in [5, 5.41) is 5.92. The SMILES string of the molecule is Cc1ccc(C)c(Nc2ncnc(Nc3ccc(F)cc3F)c2N)c1. The summed E-state index contributed by atoms with van der Waals surface area (Å²) in [6, 6.07) is 9.19. The fourth-order valence-electron chi connectivity index (χ4n) is 2.31. The molecule has 0 bridgehead atoms. The van der Waals surface area contributed by atoms with E-state index in [1.807, 2.05) is 32.0 Å². The normalized spacial score (nSPS) is 10.6. The molecule has 1 heterocycles. The molecule has 3 rings (SSSR count). The van der Waals surface area contributed by atoms with Crippen LogP contribution in [0.25, 0.3) is 0 Å². The topological polar surface area (TPSA) is 75.9 Å². The van der Waals surface area contributed by atoms with Crippen LogP contribution in [0.1, 0.15) is 11.1 Å². The second-order valence-electron chi connectivity index (χ2n) is 5.68. The third-order valence-corrected chi connectivity index (χ3v) is 3.71. The molecule has 0 saturated heterocycles. The van der Waals surface area contributed by atoms with Crippen molar-refractivity contribution in [3.05, 3.63) is 65.5 Å². The van der Waals surface area contributed by atoms with E-state index in [0.717, 1.165) is 28.9 Å². The van der Waals surface area contributed by atoms with Crippen LogP contribution in [0.15, 0.2) is 42.7 Å². The summed E-state index contributed by atoms with van der Waals surface area (Å²) in [6.45, 7) is 3.95. The number of anilines is 5. The Labute approximate surface area is 143 Å². The van der Waals surface area contributed by atoms with Crippen LogP contribution in [0.5, 0.6) is 0 Å². The van der Waals surface area contributed by atoms with Crippen LogP contribution >= 0.6 is 0 Å². The Hall–Kier alpha value is -3.22. The fourth-order valence-corrected chi connectivity index (χ4v) is 2.31. The lowest BCUT2D eigenvalue weighted by Crippen LogP contribution is -2.06. The second kappa shape index (κ2) is 6.72. The third kappa shape index (κ3) is 3.65. The summed E-state index contributed by atoms with van der Waals surface area (Å²) in [7, 11) is 0. The average molecular weight is 341 g/mol. The van der Waals surface area contributed by atoms with Gasteiger partial charge in [-0.3, -0.25) is 0 Å². The van der Waals surface area contributed by atoms with Crippen molar-refractivity contribution in [2.24, 2.45) is 0 Å². The van der Waals surface area contributed by atoms with Crippen LogP contribution in [0.2, 0.25) is 0 Å². The van der Waals surface area contributed by atoms with E-state index in [2.05, 4.69) is 20.6 Å². The first-order chi connectivity index (χ1) is 11.9. The van der Waals surface area contributed by atoms with Crippen LogP contribution < -0.4 is 16.4 Å². The Morgan fingerprint density at radius 2 is 1.56 bits per heavy atom. The molecule has 0 fully saturated rings. The summed E-state index contributed by atoms with van der Waals surface area (Å²) in [5.41, 5.74) is 9.39. The van der Waals surface area contributed by atoms with Gasteiger partial charge in [-0.25, -0.2) is 18.7 Å². The summed E-state index contributed by atoms with van der Waals surface area (Å²) in [5.74, 6) is -0.764. The maximum absolute atomic E-state index is 13.8. The zero-order chi connectivity index (χ0) is 18.0. The van der Waals surface area contributed by atoms with E-state index in [0.29, 0.717) is 5.82 Å². The molecule has 0 aliphatic carbocycles. The van der Waals surface area contributed by atoms with Crippen molar-refractivity contribution < 1.29 is 8.78 Å². The van der Waals surface area contributed by atoms with Crippen LogP contribution in [0.4, 0.5) is 37.5 Å². The van der Waals surface area contributed by atoms with Crippen molar-refractivity contribution in [1.82, 2.24) is 9.97 Å². The number of nitrogen functional groups attached to an aromatic ring is 1. The average Bonchev–Trinajstić information content (AvgIpc) is 2.57. The molecule has 0 radical (unpaired) electrons. The van der Waals surface area contributed by atoms with Crippen LogP contribution in [-0.4, -0.2) is 9.97 Å². The third-order valence-electron chi connectivity index (χ3n) is 3.71. The molecule has 0 aliphatic heterocycles. The summed E-state index contributed by atoms with van der Waals surface area (Å²) < 4.78 is 26.8. The van der Waals surface area contributed by atoms with Gasteiger partial charge in [-0.1, -0.05) is 12.1 Å². The maximum atomic E-state index is 13.8. The lowest BCUT2D eigenvalue weighted by Gasteiger charge is -2.14. The summed E-state index contributed by atoms with van der Waals surface area (Å²) in [6.07, 6.45) is 1.31. The van der Waals surface area contributed by atoms with E-state index in [1.54, 1.807) is 0 Å². The monoisotopic (exact) mass is 341 g/mol. The highest BCUT2D eigenvalue weighted by atomic mass is 19.1. The van der Waals surface area contributed by atoms with Gasteiger partial charge in [-0.15, -0.1) is 0 Å². The van der Waals surface area contributed by atoms with E-state index < -0.39 is 11.6 Å². The summed E-state index contributed by atoms with van der Waals surface area (Å²) >= 11 is 0. The van der Waals surface area contributed by atoms with Gasteiger partial charge >= 0.3 is 0 Å². The Bertz CT molecular complexity index is 927. The number of aromatic nitrogens is 2. The van der Waals surface area contributed by atoms with Crippen LogP contribution in [0, 0.1) is 25.5 Å². The molecule has 5 nitrogen and oxygen atoms in total. The van der Waals surface area contributed by atoms with E-state index in [1.165, 1.54) is 12.4 Å². The van der Waals surface area contributed by atoms with E-state index in [4.69, 9.17) is 5.73 Å². The number of hydrogen-bond donors (Lipinski definition) is 3. The fraction of sp³-hybridized carbons (Fsp3) is 0.111. The van der Waals surface area contributed by atoms with Crippen molar-refractivity contribution in [3.8, 4) is 0 Å². The molecule has 25 heavy (non-hydrogen) atoms. The highest BCUT2D eigenvalue weighted by Gasteiger charge is 2.12. The number of hydrogen-bond acceptors (Lipinski definition) is 5. The molecule has 0 saturated carbocycles. The van der Waals surface area contributed by atoms with Crippen LogP contribution in [0.3, 0.4) is 0 Å². The van der Waals surface area contributed by atoms with Gasteiger partial charge in [0.1, 0.15) is 23.6 Å². The zero-order valence-electron chi connectivity index (χ0n) is 13.8. The lowest BCUT2D eigenvalue weighted by molar-refractivity contribution is 0.586. The number of nitrogens with zero attached hydrogens (tertiary/aromatic N) is 2.